The van der Waals surface area contributed by atoms with Crippen molar-refractivity contribution in [1.29, 1.82) is 0 Å². The smallest absolute Gasteiger partial charge is 0.300 e. The number of nitrogens with one attached hydrogen (secondary N) is 1. The van der Waals surface area contributed by atoms with E-state index in [1.807, 2.05) is 13.8 Å². The molecule has 0 saturated carbocycles. The average molecular weight is 372 g/mol. The Bertz CT molecular complexity index is 1050. The standard InChI is InChI=1S/C18H20N4O3S/c1-11(2)10-14(15(23)20-17-19-8-9-26-17)22-16(24)12-6-4-5-7-13(12)21(3)18(22)25/h4-9,11,14H,10H2,1-3H3,(H,19,20,23)/t14-/m0/s1. The number of aromatic nitrogens is 3. The summed E-state index contributed by atoms with van der Waals surface area (Å²) in [5.74, 6) is -0.298. The Labute approximate surface area is 153 Å². The van der Waals surface area contributed by atoms with E-state index in [2.05, 4.69) is 10.3 Å². The number of benzene rings is 1. The van der Waals surface area contributed by atoms with Crippen molar-refractivity contribution < 1.29 is 4.79 Å². The highest BCUT2D eigenvalue weighted by Gasteiger charge is 2.27. The normalized spacial score (nSPS) is 12.5. The summed E-state index contributed by atoms with van der Waals surface area (Å²) < 4.78 is 2.46. The molecule has 0 aliphatic rings. The Morgan fingerprint density at radius 3 is 2.65 bits per heavy atom. The van der Waals surface area contributed by atoms with Gasteiger partial charge in [0.05, 0.1) is 10.9 Å². The maximum Gasteiger partial charge on any atom is 0.331 e. The zero-order chi connectivity index (χ0) is 18.8. The fourth-order valence-electron chi connectivity index (χ4n) is 2.95. The van der Waals surface area contributed by atoms with Crippen molar-refractivity contribution in [3.05, 3.63) is 56.7 Å². The topological polar surface area (TPSA) is 86.0 Å². The van der Waals surface area contributed by atoms with Gasteiger partial charge in [-0.15, -0.1) is 11.3 Å². The second-order valence-corrected chi connectivity index (χ2v) is 7.40. The van der Waals surface area contributed by atoms with Crippen LogP contribution >= 0.6 is 11.3 Å². The van der Waals surface area contributed by atoms with Crippen molar-refractivity contribution in [3.63, 3.8) is 0 Å². The lowest BCUT2D eigenvalue weighted by atomic mass is 10.0. The molecule has 0 saturated heterocycles. The number of carbonyl (C=O) groups excluding carboxylic acids is 1. The van der Waals surface area contributed by atoms with Gasteiger partial charge in [0.1, 0.15) is 6.04 Å². The van der Waals surface area contributed by atoms with Gasteiger partial charge >= 0.3 is 5.69 Å². The largest absolute Gasteiger partial charge is 0.331 e. The van der Waals surface area contributed by atoms with Crippen LogP contribution in [-0.2, 0) is 11.8 Å². The van der Waals surface area contributed by atoms with Crippen molar-refractivity contribution in [1.82, 2.24) is 14.1 Å². The molecule has 0 spiro atoms. The molecule has 1 atom stereocenters. The summed E-state index contributed by atoms with van der Waals surface area (Å²) in [6.07, 6.45) is 1.95. The zero-order valence-corrected chi connectivity index (χ0v) is 15.6. The first-order valence-electron chi connectivity index (χ1n) is 8.30. The molecule has 1 amide bonds. The molecule has 3 aromatic rings. The van der Waals surface area contributed by atoms with E-state index in [1.165, 1.54) is 15.9 Å². The summed E-state index contributed by atoms with van der Waals surface area (Å²) in [5.41, 5.74) is -0.417. The summed E-state index contributed by atoms with van der Waals surface area (Å²) in [5, 5.41) is 5.30. The Morgan fingerprint density at radius 1 is 1.27 bits per heavy atom. The molecular weight excluding hydrogens is 352 g/mol. The maximum absolute atomic E-state index is 13.0. The van der Waals surface area contributed by atoms with E-state index in [9.17, 15) is 14.4 Å². The monoisotopic (exact) mass is 372 g/mol. The number of hydrogen-bond donors (Lipinski definition) is 1. The summed E-state index contributed by atoms with van der Waals surface area (Å²) in [4.78, 5) is 42.7. The molecule has 3 rings (SSSR count). The Hall–Kier alpha value is -2.74. The SMILES string of the molecule is CC(C)C[C@@H](C(=O)Nc1nccs1)n1c(=O)c2ccccc2n(C)c1=O. The van der Waals surface area contributed by atoms with Crippen molar-refractivity contribution >= 4 is 33.3 Å². The summed E-state index contributed by atoms with van der Waals surface area (Å²) in [6.45, 7) is 3.89. The van der Waals surface area contributed by atoms with Crippen LogP contribution < -0.4 is 16.6 Å². The molecule has 0 aliphatic heterocycles. The number of fused-ring (bicyclic) bond motifs is 1. The van der Waals surface area contributed by atoms with Gasteiger partial charge in [0.15, 0.2) is 5.13 Å². The number of rotatable bonds is 5. The lowest BCUT2D eigenvalue weighted by Gasteiger charge is -2.21. The highest BCUT2D eigenvalue weighted by atomic mass is 32.1. The minimum Gasteiger partial charge on any atom is -0.300 e. The summed E-state index contributed by atoms with van der Waals surface area (Å²) in [6, 6.07) is 5.99. The third-order valence-corrected chi connectivity index (χ3v) is 4.87. The van der Waals surface area contributed by atoms with Gasteiger partial charge in [-0.25, -0.2) is 14.3 Å². The van der Waals surface area contributed by atoms with Gasteiger partial charge < -0.3 is 5.32 Å². The Morgan fingerprint density at radius 2 is 2.00 bits per heavy atom. The number of amides is 1. The molecule has 1 N–H and O–H groups in total. The number of nitrogens with zero attached hydrogens (tertiary/aromatic N) is 3. The molecule has 0 aliphatic carbocycles. The molecule has 0 unspecified atom stereocenters. The van der Waals surface area contributed by atoms with E-state index in [0.717, 1.165) is 4.57 Å². The predicted octanol–water partition coefficient (Wildman–Crippen LogP) is 2.38. The molecule has 2 aromatic heterocycles. The van der Waals surface area contributed by atoms with Crippen LogP contribution in [0.15, 0.2) is 45.4 Å². The van der Waals surface area contributed by atoms with E-state index in [4.69, 9.17) is 0 Å². The Kier molecular flexibility index (Phi) is 5.03. The van der Waals surface area contributed by atoms with Crippen LogP contribution in [0.5, 0.6) is 0 Å². The van der Waals surface area contributed by atoms with Crippen LogP contribution in [0.4, 0.5) is 5.13 Å². The molecule has 7 nitrogen and oxygen atoms in total. The quantitative estimate of drug-likeness (QED) is 0.745. The van der Waals surface area contributed by atoms with E-state index in [1.54, 1.807) is 42.9 Å². The fourth-order valence-corrected chi connectivity index (χ4v) is 3.49. The van der Waals surface area contributed by atoms with Crippen molar-refractivity contribution in [2.24, 2.45) is 13.0 Å². The van der Waals surface area contributed by atoms with Crippen molar-refractivity contribution in [2.45, 2.75) is 26.3 Å². The number of hydrogen-bond acceptors (Lipinski definition) is 5. The lowest BCUT2D eigenvalue weighted by molar-refractivity contribution is -0.119. The number of carbonyl (C=O) groups is 1. The second kappa shape index (κ2) is 7.25. The van der Waals surface area contributed by atoms with E-state index in [0.29, 0.717) is 22.5 Å². The molecular formula is C18H20N4O3S. The average Bonchev–Trinajstić information content (AvgIpc) is 3.11. The molecule has 136 valence electrons. The number of aryl methyl sites for hydroxylation is 1. The van der Waals surface area contributed by atoms with E-state index >= 15 is 0 Å². The second-order valence-electron chi connectivity index (χ2n) is 6.51. The van der Waals surface area contributed by atoms with Crippen LogP contribution in [0, 0.1) is 5.92 Å². The van der Waals surface area contributed by atoms with Crippen LogP contribution in [0.25, 0.3) is 10.9 Å². The van der Waals surface area contributed by atoms with Gasteiger partial charge in [0, 0.05) is 18.6 Å². The van der Waals surface area contributed by atoms with Crippen molar-refractivity contribution in [3.8, 4) is 0 Å². The van der Waals surface area contributed by atoms with Gasteiger partial charge in [0.25, 0.3) is 5.56 Å². The van der Waals surface area contributed by atoms with Crippen molar-refractivity contribution in [2.75, 3.05) is 5.32 Å². The molecule has 8 heteroatoms. The Balaban J connectivity index is 2.16. The van der Waals surface area contributed by atoms with Crippen LogP contribution in [0.2, 0.25) is 0 Å². The van der Waals surface area contributed by atoms with Crippen LogP contribution in [0.3, 0.4) is 0 Å². The highest BCUT2D eigenvalue weighted by Crippen LogP contribution is 2.20. The molecule has 26 heavy (non-hydrogen) atoms. The first-order chi connectivity index (χ1) is 12.4. The van der Waals surface area contributed by atoms with Gasteiger partial charge in [-0.3, -0.25) is 14.2 Å². The van der Waals surface area contributed by atoms with Gasteiger partial charge in [-0.1, -0.05) is 26.0 Å². The minimum atomic E-state index is -0.908. The number of anilines is 1. The first-order valence-corrected chi connectivity index (χ1v) is 9.18. The zero-order valence-electron chi connectivity index (χ0n) is 14.8. The molecule has 1 aromatic carbocycles. The molecule has 0 bridgehead atoms. The van der Waals surface area contributed by atoms with Gasteiger partial charge in [0.2, 0.25) is 5.91 Å². The van der Waals surface area contributed by atoms with E-state index in [-0.39, 0.29) is 5.92 Å². The van der Waals surface area contributed by atoms with Gasteiger partial charge in [-0.05, 0) is 24.5 Å². The minimum absolute atomic E-state index is 0.116. The number of para-hydroxylation sites is 1. The molecule has 2 heterocycles. The fraction of sp³-hybridized carbons (Fsp3) is 0.333. The summed E-state index contributed by atoms with van der Waals surface area (Å²) >= 11 is 1.28. The predicted molar refractivity (Wildman–Crippen MR) is 103 cm³/mol. The molecule has 0 radical (unpaired) electrons. The lowest BCUT2D eigenvalue weighted by Crippen LogP contribution is -2.45. The first kappa shape index (κ1) is 18.1. The third-order valence-electron chi connectivity index (χ3n) is 4.18. The highest BCUT2D eigenvalue weighted by molar-refractivity contribution is 7.13. The van der Waals surface area contributed by atoms with E-state index < -0.39 is 23.2 Å². The third kappa shape index (κ3) is 3.32. The number of thiazole rings is 1. The summed E-state index contributed by atoms with van der Waals surface area (Å²) in [7, 11) is 1.60. The van der Waals surface area contributed by atoms with Gasteiger partial charge in [-0.2, -0.15) is 0 Å². The molecule has 0 fully saturated rings. The van der Waals surface area contributed by atoms with Crippen LogP contribution in [-0.4, -0.2) is 20.0 Å². The van der Waals surface area contributed by atoms with Crippen LogP contribution in [0.1, 0.15) is 26.3 Å². The maximum atomic E-state index is 13.0.